The molecule has 56 valence electrons. The zero-order valence-electron chi connectivity index (χ0n) is 5.70. The van der Waals surface area contributed by atoms with Gasteiger partial charge in [-0.2, -0.15) is 0 Å². The first-order chi connectivity index (χ1) is 4.29. The van der Waals surface area contributed by atoms with Crippen LogP contribution < -0.4 is 29.6 Å². The Morgan fingerprint density at radius 3 is 2.64 bits per heavy atom. The fourth-order valence-electron chi connectivity index (χ4n) is 0.562. The summed E-state index contributed by atoms with van der Waals surface area (Å²) in [5, 5.41) is 10.2. The van der Waals surface area contributed by atoms with Gasteiger partial charge in [-0.1, -0.05) is 14.5 Å². The second-order valence-corrected chi connectivity index (χ2v) is 2.68. The molecule has 1 N–H and O–H groups in total. The molecule has 1 aromatic heterocycles. The first kappa shape index (κ1) is 13.8. The van der Waals surface area contributed by atoms with E-state index >= 15 is 0 Å². The second-order valence-electron chi connectivity index (χ2n) is 1.65. The molecule has 0 aliphatic heterocycles. The fraction of sp³-hybridized carbons (Fsp3) is 0.167. The monoisotopic (exact) mass is 180 g/mol. The van der Waals surface area contributed by atoms with Crippen LogP contribution in [0.2, 0.25) is 0 Å². The van der Waals surface area contributed by atoms with E-state index in [1.54, 1.807) is 0 Å². The predicted octanol–water partition coefficient (Wildman–Crippen LogP) is -3.07. The maximum Gasteiger partial charge on any atom is 1.00 e. The van der Waals surface area contributed by atoms with E-state index in [2.05, 4.69) is 0 Å². The van der Waals surface area contributed by atoms with Crippen molar-refractivity contribution in [1.82, 2.24) is 0 Å². The van der Waals surface area contributed by atoms with Gasteiger partial charge in [-0.15, -0.1) is 11.3 Å². The van der Waals surface area contributed by atoms with Gasteiger partial charge < -0.3 is 5.11 Å². The zero-order valence-corrected chi connectivity index (χ0v) is 8.52. The zero-order chi connectivity index (χ0) is 6.69. The Bertz CT molecular complexity index is 200. The number of aliphatic carboxylic acids is 1. The third-order valence-electron chi connectivity index (χ3n) is 0.906. The number of carboxylic acids is 1. The summed E-state index contributed by atoms with van der Waals surface area (Å²) in [5.74, 6) is -0.766. The van der Waals surface area contributed by atoms with Crippen molar-refractivity contribution in [1.29, 1.82) is 0 Å². The summed E-state index contributed by atoms with van der Waals surface area (Å²) in [5.41, 5.74) is 0. The van der Waals surface area contributed by atoms with Gasteiger partial charge >= 0.3 is 35.5 Å². The maximum atomic E-state index is 10.1. The minimum atomic E-state index is -0.766. The Balaban J connectivity index is 0. The van der Waals surface area contributed by atoms with Crippen LogP contribution in [0.15, 0.2) is 17.5 Å². The Kier molecular flexibility index (Phi) is 8.68. The number of carboxylic acid groups (broad SMARTS) is 1. The molecule has 2 nitrogen and oxygen atoms in total. The Morgan fingerprint density at radius 2 is 2.27 bits per heavy atom. The first-order valence-corrected chi connectivity index (χ1v) is 3.41. The van der Waals surface area contributed by atoms with Crippen molar-refractivity contribution in [2.24, 2.45) is 0 Å². The minimum Gasteiger partial charge on any atom is -0.481 e. The maximum absolute atomic E-state index is 10.1. The molecule has 0 radical (unpaired) electrons. The fourth-order valence-corrected chi connectivity index (χ4v) is 1.26. The molecule has 0 saturated carbocycles. The molecule has 0 atom stereocenters. The van der Waals surface area contributed by atoms with Gasteiger partial charge in [0.1, 0.15) is 0 Å². The van der Waals surface area contributed by atoms with Crippen LogP contribution in [-0.4, -0.2) is 19.5 Å². The second kappa shape index (κ2) is 6.92. The van der Waals surface area contributed by atoms with Crippen LogP contribution in [-0.2, 0) is 11.2 Å². The molecule has 0 aromatic carbocycles. The largest absolute Gasteiger partial charge is 1.00 e. The van der Waals surface area contributed by atoms with E-state index in [1.807, 2.05) is 17.5 Å². The number of hydrogen-bond donors (Lipinski definition) is 1. The van der Waals surface area contributed by atoms with Gasteiger partial charge in [-0.25, -0.2) is 0 Å². The molecule has 1 rings (SSSR count). The molecule has 0 saturated heterocycles. The molecule has 5 heteroatoms. The number of rotatable bonds is 2. The number of thiophene rings is 1. The van der Waals surface area contributed by atoms with Gasteiger partial charge in [0.05, 0.1) is 6.42 Å². The molecular weight excluding hydrogens is 170 g/mol. The molecule has 0 unspecified atom stereocenters. The van der Waals surface area contributed by atoms with Gasteiger partial charge in [0, 0.05) is 4.88 Å². The van der Waals surface area contributed by atoms with E-state index in [4.69, 9.17) is 5.11 Å². The molecule has 0 spiro atoms. The van der Waals surface area contributed by atoms with E-state index in [1.165, 1.54) is 11.3 Å². The summed E-state index contributed by atoms with van der Waals surface area (Å²) < 4.78 is 0. The van der Waals surface area contributed by atoms with Crippen LogP contribution in [0.1, 0.15) is 4.88 Å². The third-order valence-corrected chi connectivity index (χ3v) is 1.78. The van der Waals surface area contributed by atoms with Crippen molar-refractivity contribution in [2.75, 3.05) is 0 Å². The standard InChI is InChI=1S/C6H6O2S.BH4.Na/c7-6(8)4-5-2-1-3-9-5;;/h1-3H,4H2,(H,7,8);1H4;/q;-1;+1. The number of carbonyl (C=O) groups is 1. The van der Waals surface area contributed by atoms with Crippen LogP contribution in [0.4, 0.5) is 0 Å². The molecular formula is C6H10BNaO2S. The summed E-state index contributed by atoms with van der Waals surface area (Å²) in [7, 11) is 0. The van der Waals surface area contributed by atoms with E-state index < -0.39 is 5.97 Å². The predicted molar refractivity (Wildman–Crippen MR) is 47.0 cm³/mol. The van der Waals surface area contributed by atoms with Gasteiger partial charge in [0.25, 0.3) is 0 Å². The third kappa shape index (κ3) is 5.50. The van der Waals surface area contributed by atoms with E-state index in [-0.39, 0.29) is 44.4 Å². The van der Waals surface area contributed by atoms with Crippen LogP contribution in [0.5, 0.6) is 0 Å². The van der Waals surface area contributed by atoms with Gasteiger partial charge in [-0.05, 0) is 11.4 Å². The van der Waals surface area contributed by atoms with Crippen LogP contribution in [0.3, 0.4) is 0 Å². The van der Waals surface area contributed by atoms with Gasteiger partial charge in [0.2, 0.25) is 0 Å². The molecule has 0 aliphatic carbocycles. The number of hydrogen-bond acceptors (Lipinski definition) is 2. The Hall–Kier alpha value is 0.235. The topological polar surface area (TPSA) is 37.3 Å². The smallest absolute Gasteiger partial charge is 0.481 e. The SMILES string of the molecule is O=C(O)Cc1cccs1.[BH4-].[Na+]. The average molecular weight is 180 g/mol. The van der Waals surface area contributed by atoms with E-state index in [0.717, 1.165) is 4.88 Å². The van der Waals surface area contributed by atoms with Crippen LogP contribution in [0, 0.1) is 0 Å². The summed E-state index contributed by atoms with van der Waals surface area (Å²) in [6.45, 7) is 0. The van der Waals surface area contributed by atoms with Crippen molar-refractivity contribution >= 4 is 25.7 Å². The van der Waals surface area contributed by atoms with Crippen molar-refractivity contribution in [2.45, 2.75) is 6.42 Å². The normalized spacial score (nSPS) is 7.64. The molecule has 0 amide bonds. The molecule has 1 aromatic rings. The van der Waals surface area contributed by atoms with Crippen molar-refractivity contribution < 1.29 is 39.5 Å². The minimum absolute atomic E-state index is 0. The molecule has 11 heavy (non-hydrogen) atoms. The van der Waals surface area contributed by atoms with Crippen LogP contribution in [0.25, 0.3) is 0 Å². The molecule has 0 aliphatic rings. The molecule has 0 fully saturated rings. The summed E-state index contributed by atoms with van der Waals surface area (Å²) in [6, 6.07) is 3.67. The Morgan fingerprint density at radius 1 is 1.64 bits per heavy atom. The van der Waals surface area contributed by atoms with Gasteiger partial charge in [0.15, 0.2) is 0 Å². The van der Waals surface area contributed by atoms with E-state index in [9.17, 15) is 4.79 Å². The quantitative estimate of drug-likeness (QED) is 0.490. The van der Waals surface area contributed by atoms with Crippen LogP contribution >= 0.6 is 11.3 Å². The van der Waals surface area contributed by atoms with E-state index in [0.29, 0.717) is 0 Å². The van der Waals surface area contributed by atoms with Crippen molar-refractivity contribution in [3.63, 3.8) is 0 Å². The Labute approximate surface area is 93.5 Å². The molecule has 1 heterocycles. The summed E-state index contributed by atoms with van der Waals surface area (Å²) >= 11 is 1.47. The summed E-state index contributed by atoms with van der Waals surface area (Å²) in [4.78, 5) is 11.0. The average Bonchev–Trinajstić information content (AvgIpc) is 2.15. The molecule has 0 bridgehead atoms. The van der Waals surface area contributed by atoms with Gasteiger partial charge in [-0.3, -0.25) is 4.79 Å². The van der Waals surface area contributed by atoms with Crippen molar-refractivity contribution in [3.8, 4) is 0 Å². The van der Waals surface area contributed by atoms with Crippen molar-refractivity contribution in [3.05, 3.63) is 22.4 Å². The summed E-state index contributed by atoms with van der Waals surface area (Å²) in [6.07, 6.45) is 0.150. The first-order valence-electron chi connectivity index (χ1n) is 2.53.